The number of phenolic OH excluding ortho intramolecular Hbond substituents is 1. The third-order valence-corrected chi connectivity index (χ3v) is 3.86. The largest absolute Gasteiger partial charge is 0.527 e. The Bertz CT molecular complexity index is 536. The van der Waals surface area contributed by atoms with E-state index in [1.165, 1.54) is 36.1 Å². The molecule has 1 rings (SSSR count). The molecule has 8 heteroatoms. The molecule has 0 aliphatic rings. The van der Waals surface area contributed by atoms with Gasteiger partial charge in [-0.2, -0.15) is 0 Å². The number of hydrogen-bond donors (Lipinski definition) is 1. The van der Waals surface area contributed by atoms with Crippen LogP contribution in [0.3, 0.4) is 0 Å². The zero-order chi connectivity index (χ0) is 18.7. The molecule has 0 aliphatic heterocycles. The van der Waals surface area contributed by atoms with Crippen LogP contribution >= 0.6 is 11.8 Å². The van der Waals surface area contributed by atoms with Crippen LogP contribution in [0.4, 0.5) is 4.79 Å². The summed E-state index contributed by atoms with van der Waals surface area (Å²) in [6.07, 6.45) is 2.88. The first-order valence-corrected chi connectivity index (χ1v) is 9.37. The third kappa shape index (κ3) is 7.66. The average Bonchev–Trinajstić information content (AvgIpc) is 2.60. The van der Waals surface area contributed by atoms with Gasteiger partial charge >= 0.3 is 12.1 Å². The molecule has 0 saturated carbocycles. The first-order chi connectivity index (χ1) is 12.0. The molecule has 1 aromatic rings. The van der Waals surface area contributed by atoms with Crippen molar-refractivity contribution in [2.24, 2.45) is 0 Å². The number of nitrogens with zero attached hydrogens (tertiary/aromatic N) is 1. The lowest BCUT2D eigenvalue weighted by atomic mass is 10.1. The minimum absolute atomic E-state index is 0.134. The molecular formula is C17H25NO6S. The molecule has 0 spiro atoms. The highest BCUT2D eigenvalue weighted by atomic mass is 32.2. The normalized spacial score (nSPS) is 11.8. The van der Waals surface area contributed by atoms with Crippen molar-refractivity contribution in [3.05, 3.63) is 29.8 Å². The van der Waals surface area contributed by atoms with Crippen LogP contribution in [0.15, 0.2) is 24.3 Å². The third-order valence-electron chi connectivity index (χ3n) is 3.35. The van der Waals surface area contributed by atoms with E-state index in [0.717, 1.165) is 18.4 Å². The number of phenols is 1. The van der Waals surface area contributed by atoms with Gasteiger partial charge in [0.1, 0.15) is 11.8 Å². The van der Waals surface area contributed by atoms with Crippen molar-refractivity contribution in [3.8, 4) is 5.75 Å². The van der Waals surface area contributed by atoms with Gasteiger partial charge < -0.3 is 19.4 Å². The minimum Gasteiger partial charge on any atom is -0.508 e. The van der Waals surface area contributed by atoms with E-state index in [2.05, 4.69) is 0 Å². The minimum atomic E-state index is -0.845. The second-order valence-electron chi connectivity index (χ2n) is 5.29. The van der Waals surface area contributed by atoms with Crippen LogP contribution in [0.5, 0.6) is 5.75 Å². The van der Waals surface area contributed by atoms with Gasteiger partial charge in [-0.1, -0.05) is 25.5 Å². The second-order valence-corrected chi connectivity index (χ2v) is 6.12. The topological polar surface area (TPSA) is 85.3 Å². The maximum absolute atomic E-state index is 12.2. The molecule has 0 amide bonds. The van der Waals surface area contributed by atoms with Gasteiger partial charge in [0.2, 0.25) is 0 Å². The summed E-state index contributed by atoms with van der Waals surface area (Å²) in [4.78, 5) is 29.2. The summed E-state index contributed by atoms with van der Waals surface area (Å²) in [5, 5.41) is 10.6. The van der Waals surface area contributed by atoms with Gasteiger partial charge in [0, 0.05) is 6.42 Å². The van der Waals surface area contributed by atoms with Crippen LogP contribution in [-0.4, -0.2) is 54.2 Å². The Morgan fingerprint density at radius 2 is 1.96 bits per heavy atom. The van der Waals surface area contributed by atoms with Gasteiger partial charge in [-0.15, -0.1) is 16.8 Å². The molecular weight excluding hydrogens is 346 g/mol. The highest BCUT2D eigenvalue weighted by Gasteiger charge is 2.30. The molecule has 25 heavy (non-hydrogen) atoms. The summed E-state index contributed by atoms with van der Waals surface area (Å²) in [5.74, 6) is -0.112. The standard InChI is InChI=1S/C17H25NO6S/c1-4-5-10-23-17(21)24-18(12-25-3)15(16(20)22-2)11-13-6-8-14(19)9-7-13/h6-9,15,19H,4-5,10-12H2,1-3H3/t15-/m0/s1. The van der Waals surface area contributed by atoms with Crippen molar-refractivity contribution in [2.45, 2.75) is 32.2 Å². The number of aromatic hydroxyl groups is 1. The lowest BCUT2D eigenvalue weighted by Crippen LogP contribution is -2.44. The van der Waals surface area contributed by atoms with Gasteiger partial charge in [0.05, 0.1) is 19.6 Å². The fraction of sp³-hybridized carbons (Fsp3) is 0.529. The zero-order valence-electron chi connectivity index (χ0n) is 14.8. The predicted molar refractivity (Wildman–Crippen MR) is 95.2 cm³/mol. The van der Waals surface area contributed by atoms with Gasteiger partial charge in [-0.3, -0.25) is 4.79 Å². The Balaban J connectivity index is 2.84. The molecule has 1 N–H and O–H groups in total. The van der Waals surface area contributed by atoms with Crippen LogP contribution in [0.1, 0.15) is 25.3 Å². The summed E-state index contributed by atoms with van der Waals surface area (Å²) in [7, 11) is 1.28. The lowest BCUT2D eigenvalue weighted by molar-refractivity contribution is -0.174. The van der Waals surface area contributed by atoms with Crippen molar-refractivity contribution < 1.29 is 29.0 Å². The van der Waals surface area contributed by atoms with Crippen molar-refractivity contribution in [3.63, 3.8) is 0 Å². The quantitative estimate of drug-likeness (QED) is 0.291. The Morgan fingerprint density at radius 1 is 1.28 bits per heavy atom. The van der Waals surface area contributed by atoms with Crippen LogP contribution in [0.2, 0.25) is 0 Å². The van der Waals surface area contributed by atoms with E-state index in [-0.39, 0.29) is 24.7 Å². The maximum atomic E-state index is 12.2. The number of rotatable bonds is 10. The molecule has 7 nitrogen and oxygen atoms in total. The predicted octanol–water partition coefficient (Wildman–Crippen LogP) is 2.97. The molecule has 1 atom stereocenters. The van der Waals surface area contributed by atoms with Gasteiger partial charge in [0.25, 0.3) is 0 Å². The highest BCUT2D eigenvalue weighted by Crippen LogP contribution is 2.17. The summed E-state index contributed by atoms with van der Waals surface area (Å²) >= 11 is 1.39. The van der Waals surface area contributed by atoms with Crippen molar-refractivity contribution in [2.75, 3.05) is 25.8 Å². The maximum Gasteiger partial charge on any atom is 0.527 e. The summed E-state index contributed by atoms with van der Waals surface area (Å²) in [6, 6.07) is 5.63. The van der Waals surface area contributed by atoms with Crippen LogP contribution < -0.4 is 0 Å². The Kier molecular flexibility index (Phi) is 9.79. The number of benzene rings is 1. The molecule has 0 bridgehead atoms. The first kappa shape index (κ1) is 21.1. The average molecular weight is 371 g/mol. The van der Waals surface area contributed by atoms with Crippen molar-refractivity contribution >= 4 is 23.9 Å². The van der Waals surface area contributed by atoms with Gasteiger partial charge in [-0.05, 0) is 30.4 Å². The Morgan fingerprint density at radius 3 is 2.52 bits per heavy atom. The van der Waals surface area contributed by atoms with Gasteiger partial charge in [0.15, 0.2) is 0 Å². The van der Waals surface area contributed by atoms with E-state index in [1.807, 2.05) is 13.2 Å². The van der Waals surface area contributed by atoms with Crippen LogP contribution in [-0.2, 0) is 25.5 Å². The summed E-state index contributed by atoms with van der Waals surface area (Å²) < 4.78 is 9.84. The SMILES string of the molecule is CCCCOC(=O)ON(CSC)[C@@H](Cc1ccc(O)cc1)C(=O)OC. The van der Waals surface area contributed by atoms with E-state index in [9.17, 15) is 14.7 Å². The number of esters is 1. The molecule has 0 saturated heterocycles. The fourth-order valence-corrected chi connectivity index (χ4v) is 2.51. The molecule has 0 aliphatic carbocycles. The van der Waals surface area contributed by atoms with E-state index in [4.69, 9.17) is 14.3 Å². The van der Waals surface area contributed by atoms with E-state index in [0.29, 0.717) is 0 Å². The molecule has 0 aromatic heterocycles. The molecule has 0 unspecified atom stereocenters. The Hall–Kier alpha value is -1.93. The Labute approximate surface area is 152 Å². The lowest BCUT2D eigenvalue weighted by Gasteiger charge is -2.27. The number of methoxy groups -OCH3 is 1. The molecule has 0 heterocycles. The first-order valence-electron chi connectivity index (χ1n) is 7.97. The van der Waals surface area contributed by atoms with E-state index >= 15 is 0 Å². The molecule has 1 aromatic carbocycles. The smallest absolute Gasteiger partial charge is 0.508 e. The zero-order valence-corrected chi connectivity index (χ0v) is 15.6. The van der Waals surface area contributed by atoms with Crippen LogP contribution in [0, 0.1) is 0 Å². The number of unbranched alkanes of at least 4 members (excludes halogenated alkanes) is 1. The summed E-state index contributed by atoms with van der Waals surface area (Å²) in [5.41, 5.74) is 0.794. The number of carbonyl (C=O) groups excluding carboxylic acids is 2. The molecule has 0 fully saturated rings. The summed E-state index contributed by atoms with van der Waals surface area (Å²) in [6.45, 7) is 2.25. The van der Waals surface area contributed by atoms with E-state index < -0.39 is 18.2 Å². The second kappa shape index (κ2) is 11.6. The number of ether oxygens (including phenoxy) is 2. The van der Waals surface area contributed by atoms with Crippen LogP contribution in [0.25, 0.3) is 0 Å². The van der Waals surface area contributed by atoms with Gasteiger partial charge in [-0.25, -0.2) is 4.79 Å². The number of hydrogen-bond acceptors (Lipinski definition) is 8. The van der Waals surface area contributed by atoms with Crippen molar-refractivity contribution in [1.82, 2.24) is 5.06 Å². The highest BCUT2D eigenvalue weighted by molar-refractivity contribution is 7.98. The monoisotopic (exact) mass is 371 g/mol. The number of carbonyl (C=O) groups is 2. The number of thioether (sulfide) groups is 1. The molecule has 140 valence electrons. The molecule has 0 radical (unpaired) electrons. The fourth-order valence-electron chi connectivity index (χ4n) is 2.02. The van der Waals surface area contributed by atoms with Crippen molar-refractivity contribution in [1.29, 1.82) is 0 Å². The van der Waals surface area contributed by atoms with E-state index in [1.54, 1.807) is 12.1 Å². The number of hydroxylamine groups is 2.